The van der Waals surface area contributed by atoms with Gasteiger partial charge in [0.05, 0.1) is 11.4 Å². The Morgan fingerprint density at radius 2 is 1.88 bits per heavy atom. The number of anilines is 1. The highest BCUT2D eigenvalue weighted by Crippen LogP contribution is 2.24. The summed E-state index contributed by atoms with van der Waals surface area (Å²) in [7, 11) is 0. The van der Waals surface area contributed by atoms with E-state index in [4.69, 9.17) is 0 Å². The van der Waals surface area contributed by atoms with Crippen LogP contribution in [0, 0.1) is 0 Å². The van der Waals surface area contributed by atoms with Crippen LogP contribution in [-0.2, 0) is 30.5 Å². The molecule has 2 N–H and O–H groups in total. The van der Waals surface area contributed by atoms with Crippen molar-refractivity contribution >= 4 is 23.4 Å². The average molecular weight is 372 g/mol. The number of amides is 1. The lowest BCUT2D eigenvalue weighted by Gasteiger charge is -2.15. The van der Waals surface area contributed by atoms with Gasteiger partial charge in [-0.1, -0.05) is 43.8 Å². The summed E-state index contributed by atoms with van der Waals surface area (Å²) >= 11 is 1.28. The predicted molar refractivity (Wildman–Crippen MR) is 106 cm³/mol. The Kier molecular flexibility index (Phi) is 6.14. The Morgan fingerprint density at radius 3 is 2.58 bits per heavy atom. The number of aromatic amines is 1. The Bertz CT molecular complexity index is 838. The highest BCUT2D eigenvalue weighted by Gasteiger charge is 2.16. The van der Waals surface area contributed by atoms with E-state index >= 15 is 0 Å². The third-order valence-corrected chi connectivity index (χ3v) is 5.65. The highest BCUT2D eigenvalue weighted by atomic mass is 32.2. The van der Waals surface area contributed by atoms with Gasteiger partial charge < -0.3 is 10.3 Å². The molecule has 26 heavy (non-hydrogen) atoms. The number of fused-ring (bicyclic) bond motifs is 1. The van der Waals surface area contributed by atoms with Gasteiger partial charge in [0.1, 0.15) is 0 Å². The summed E-state index contributed by atoms with van der Waals surface area (Å²) in [5.41, 5.74) is 4.87. The molecule has 0 spiro atoms. The maximum atomic E-state index is 12.4. The first-order valence-corrected chi connectivity index (χ1v) is 10.3. The first kappa shape index (κ1) is 18.7. The lowest BCUT2D eigenvalue weighted by molar-refractivity contribution is -0.113. The van der Waals surface area contributed by atoms with Crippen LogP contribution in [0.3, 0.4) is 0 Å². The molecule has 2 aromatic rings. The number of para-hydroxylation sites is 1. The average Bonchev–Trinajstić information content (AvgIpc) is 2.66. The molecule has 0 saturated carbocycles. The van der Waals surface area contributed by atoms with E-state index in [-0.39, 0.29) is 17.2 Å². The maximum Gasteiger partial charge on any atom is 0.254 e. The van der Waals surface area contributed by atoms with E-state index in [1.807, 2.05) is 18.2 Å². The van der Waals surface area contributed by atoms with Gasteiger partial charge in [0.25, 0.3) is 5.56 Å². The molecule has 0 saturated heterocycles. The number of H-pyrrole nitrogens is 1. The van der Waals surface area contributed by atoms with Gasteiger partial charge in [0, 0.05) is 11.3 Å². The third kappa shape index (κ3) is 4.18. The number of carbonyl (C=O) groups is 1. The lowest BCUT2D eigenvalue weighted by Crippen LogP contribution is -2.22. The van der Waals surface area contributed by atoms with Crippen molar-refractivity contribution in [3.8, 4) is 0 Å². The maximum absolute atomic E-state index is 12.4. The number of nitrogens with one attached hydrogen (secondary N) is 2. The Labute approximate surface area is 158 Å². The van der Waals surface area contributed by atoms with E-state index < -0.39 is 0 Å². The number of hydrogen-bond donors (Lipinski definition) is 2. The molecule has 0 unspecified atom stereocenters. The van der Waals surface area contributed by atoms with E-state index in [1.165, 1.54) is 11.8 Å². The molecule has 1 heterocycles. The summed E-state index contributed by atoms with van der Waals surface area (Å²) in [5, 5.41) is 3.58. The van der Waals surface area contributed by atoms with Gasteiger partial charge in [-0.2, -0.15) is 0 Å². The highest BCUT2D eigenvalue weighted by molar-refractivity contribution is 7.99. The van der Waals surface area contributed by atoms with Gasteiger partial charge in [0.2, 0.25) is 5.91 Å². The van der Waals surface area contributed by atoms with E-state index in [9.17, 15) is 9.59 Å². The van der Waals surface area contributed by atoms with E-state index in [2.05, 4.69) is 29.1 Å². The van der Waals surface area contributed by atoms with Crippen molar-refractivity contribution in [3.63, 3.8) is 0 Å². The molecule has 138 valence electrons. The quantitative estimate of drug-likeness (QED) is 0.602. The second-order valence-corrected chi connectivity index (χ2v) is 7.46. The van der Waals surface area contributed by atoms with Gasteiger partial charge in [-0.05, 0) is 49.7 Å². The summed E-state index contributed by atoms with van der Waals surface area (Å²) in [4.78, 5) is 32.0. The normalized spacial score (nSPS) is 13.3. The third-order valence-electron chi connectivity index (χ3n) is 4.77. The fourth-order valence-electron chi connectivity index (χ4n) is 3.36. The molecule has 0 fully saturated rings. The summed E-state index contributed by atoms with van der Waals surface area (Å²) in [5.74, 6) is 0.147. The summed E-state index contributed by atoms with van der Waals surface area (Å²) in [6.45, 7) is 4.17. The van der Waals surface area contributed by atoms with Gasteiger partial charge >= 0.3 is 0 Å². The number of thioether (sulfide) groups is 1. The Morgan fingerprint density at radius 1 is 1.19 bits per heavy atom. The summed E-state index contributed by atoms with van der Waals surface area (Å²) in [6, 6.07) is 6.12. The largest absolute Gasteiger partial charge is 0.325 e. The Hall–Kier alpha value is -2.08. The van der Waals surface area contributed by atoms with Crippen LogP contribution in [0.25, 0.3) is 0 Å². The standard InChI is InChI=1S/C20H25N3O2S/c1-3-13-8-7-9-14(4-2)18(13)22-17(24)12-26-20-21-16-11-6-5-10-15(16)19(25)23-20/h7-9H,3-6,10-12H2,1-2H3,(H,22,24)(H,21,23,25). The molecule has 1 amide bonds. The van der Waals surface area contributed by atoms with Crippen LogP contribution >= 0.6 is 11.8 Å². The van der Waals surface area contributed by atoms with Gasteiger partial charge in [-0.3, -0.25) is 9.59 Å². The number of nitrogens with zero attached hydrogens (tertiary/aromatic N) is 1. The summed E-state index contributed by atoms with van der Waals surface area (Å²) < 4.78 is 0. The second-order valence-electron chi connectivity index (χ2n) is 6.50. The molecular formula is C20H25N3O2S. The SMILES string of the molecule is CCc1cccc(CC)c1NC(=O)CSc1nc2c(c(=O)[nH]1)CCCC2. The zero-order valence-electron chi connectivity index (χ0n) is 15.4. The fourth-order valence-corrected chi connectivity index (χ4v) is 4.04. The second kappa shape index (κ2) is 8.54. The molecule has 3 rings (SSSR count). The Balaban J connectivity index is 1.69. The van der Waals surface area contributed by atoms with E-state index in [1.54, 1.807) is 0 Å². The minimum atomic E-state index is -0.0778. The van der Waals surface area contributed by atoms with Gasteiger partial charge in [-0.25, -0.2) is 4.98 Å². The molecular weight excluding hydrogens is 346 g/mol. The van der Waals surface area contributed by atoms with Crippen LogP contribution in [0.1, 0.15) is 49.1 Å². The van der Waals surface area contributed by atoms with Gasteiger partial charge in [0.15, 0.2) is 5.16 Å². The van der Waals surface area contributed by atoms with Crippen LogP contribution < -0.4 is 10.9 Å². The van der Waals surface area contributed by atoms with Crippen LogP contribution in [0.2, 0.25) is 0 Å². The molecule has 5 nitrogen and oxygen atoms in total. The first-order chi connectivity index (χ1) is 12.6. The number of rotatable bonds is 6. The number of hydrogen-bond acceptors (Lipinski definition) is 4. The number of aromatic nitrogens is 2. The van der Waals surface area contributed by atoms with Crippen molar-refractivity contribution in [2.24, 2.45) is 0 Å². The molecule has 1 aliphatic rings. The molecule has 1 aromatic heterocycles. The molecule has 6 heteroatoms. The molecule has 0 bridgehead atoms. The zero-order valence-corrected chi connectivity index (χ0v) is 16.2. The minimum Gasteiger partial charge on any atom is -0.325 e. The van der Waals surface area contributed by atoms with E-state index in [0.717, 1.165) is 66.6 Å². The number of carbonyl (C=O) groups excluding carboxylic acids is 1. The topological polar surface area (TPSA) is 74.8 Å². The van der Waals surface area contributed by atoms with Crippen LogP contribution in [-0.4, -0.2) is 21.6 Å². The molecule has 0 radical (unpaired) electrons. The summed E-state index contributed by atoms with van der Waals surface area (Å²) in [6.07, 6.45) is 5.51. The van der Waals surface area contributed by atoms with Crippen molar-refractivity contribution in [1.29, 1.82) is 0 Å². The minimum absolute atomic E-state index is 0.0535. The van der Waals surface area contributed by atoms with Crippen molar-refractivity contribution in [2.45, 2.75) is 57.5 Å². The van der Waals surface area contributed by atoms with Crippen LogP contribution in [0.5, 0.6) is 0 Å². The molecule has 1 aliphatic carbocycles. The lowest BCUT2D eigenvalue weighted by atomic mass is 9.97. The van der Waals surface area contributed by atoms with Crippen molar-refractivity contribution in [1.82, 2.24) is 9.97 Å². The van der Waals surface area contributed by atoms with Crippen molar-refractivity contribution in [2.75, 3.05) is 11.1 Å². The molecule has 0 aliphatic heterocycles. The molecule has 0 atom stereocenters. The fraction of sp³-hybridized carbons (Fsp3) is 0.450. The van der Waals surface area contributed by atoms with E-state index in [0.29, 0.717) is 5.16 Å². The smallest absolute Gasteiger partial charge is 0.254 e. The van der Waals surface area contributed by atoms with Gasteiger partial charge in [-0.15, -0.1) is 0 Å². The molecule has 1 aromatic carbocycles. The number of benzene rings is 1. The van der Waals surface area contributed by atoms with Crippen molar-refractivity contribution in [3.05, 3.63) is 50.9 Å². The predicted octanol–water partition coefficient (Wildman–Crippen LogP) is 3.50. The number of aryl methyl sites for hydroxylation is 3. The van der Waals surface area contributed by atoms with Crippen molar-refractivity contribution < 1.29 is 4.79 Å². The zero-order chi connectivity index (χ0) is 18.5. The monoisotopic (exact) mass is 371 g/mol. The van der Waals surface area contributed by atoms with Crippen LogP contribution in [0.4, 0.5) is 5.69 Å². The van der Waals surface area contributed by atoms with Crippen LogP contribution in [0.15, 0.2) is 28.2 Å². The first-order valence-electron chi connectivity index (χ1n) is 9.27.